The third-order valence-electron chi connectivity index (χ3n) is 4.53. The summed E-state index contributed by atoms with van der Waals surface area (Å²) in [6.07, 6.45) is 4.46. The second kappa shape index (κ2) is 6.27. The molecule has 0 aromatic heterocycles. The molecule has 4 heteroatoms. The molecule has 0 aliphatic heterocycles. The van der Waals surface area contributed by atoms with Gasteiger partial charge in [0, 0.05) is 24.2 Å². The van der Waals surface area contributed by atoms with Gasteiger partial charge < -0.3 is 15.7 Å². The van der Waals surface area contributed by atoms with E-state index in [9.17, 15) is 9.90 Å². The number of nitrogens with two attached hydrogens (primary N) is 1. The number of aromatic hydroxyl groups is 1. The van der Waals surface area contributed by atoms with Crippen LogP contribution in [-0.2, 0) is 0 Å². The van der Waals surface area contributed by atoms with Gasteiger partial charge in [-0.05, 0) is 44.4 Å². The van der Waals surface area contributed by atoms with E-state index in [1.165, 1.54) is 6.42 Å². The highest BCUT2D eigenvalue weighted by molar-refractivity contribution is 5.96. The van der Waals surface area contributed by atoms with Gasteiger partial charge in [-0.1, -0.05) is 18.9 Å². The van der Waals surface area contributed by atoms with Crippen molar-refractivity contribution >= 4 is 5.91 Å². The molecule has 2 unspecified atom stereocenters. The molecule has 0 heterocycles. The molecule has 4 nitrogen and oxygen atoms in total. The Hall–Kier alpha value is -1.55. The number of rotatable bonds is 3. The first-order valence-electron chi connectivity index (χ1n) is 7.32. The van der Waals surface area contributed by atoms with Gasteiger partial charge in [-0.15, -0.1) is 0 Å². The third kappa shape index (κ3) is 2.80. The van der Waals surface area contributed by atoms with Crippen LogP contribution in [0.5, 0.6) is 5.75 Å². The van der Waals surface area contributed by atoms with Crippen molar-refractivity contribution in [3.05, 3.63) is 29.3 Å². The first-order chi connectivity index (χ1) is 9.56. The van der Waals surface area contributed by atoms with Crippen molar-refractivity contribution in [2.24, 2.45) is 11.7 Å². The Morgan fingerprint density at radius 1 is 1.40 bits per heavy atom. The Balaban J connectivity index is 2.21. The van der Waals surface area contributed by atoms with Gasteiger partial charge in [0.25, 0.3) is 5.91 Å². The van der Waals surface area contributed by atoms with Crippen LogP contribution in [0.3, 0.4) is 0 Å². The highest BCUT2D eigenvalue weighted by Crippen LogP contribution is 2.29. The van der Waals surface area contributed by atoms with E-state index in [0.717, 1.165) is 19.3 Å². The SMILES string of the molecule is Cc1c(O)cccc1C(=O)N(C)C1CCCCC1CN. The molecule has 1 aliphatic rings. The van der Waals surface area contributed by atoms with E-state index >= 15 is 0 Å². The maximum atomic E-state index is 12.7. The lowest BCUT2D eigenvalue weighted by atomic mass is 9.83. The van der Waals surface area contributed by atoms with Gasteiger partial charge in [-0.25, -0.2) is 0 Å². The molecule has 3 N–H and O–H groups in total. The van der Waals surface area contributed by atoms with Crippen molar-refractivity contribution in [1.82, 2.24) is 4.90 Å². The molecule has 0 saturated heterocycles. The molecule has 2 rings (SSSR count). The number of carbonyl (C=O) groups is 1. The summed E-state index contributed by atoms with van der Waals surface area (Å²) < 4.78 is 0. The number of carbonyl (C=O) groups excluding carboxylic acids is 1. The fourth-order valence-electron chi connectivity index (χ4n) is 3.17. The smallest absolute Gasteiger partial charge is 0.254 e. The molecule has 2 atom stereocenters. The number of nitrogens with zero attached hydrogens (tertiary/aromatic N) is 1. The minimum absolute atomic E-state index is 0.0243. The van der Waals surface area contributed by atoms with Crippen LogP contribution in [0.25, 0.3) is 0 Å². The van der Waals surface area contributed by atoms with Gasteiger partial charge >= 0.3 is 0 Å². The first kappa shape index (κ1) is 14.9. The number of phenols is 1. The van der Waals surface area contributed by atoms with Gasteiger partial charge in [0.1, 0.15) is 5.75 Å². The van der Waals surface area contributed by atoms with Crippen molar-refractivity contribution in [2.75, 3.05) is 13.6 Å². The molecule has 1 aromatic rings. The van der Waals surface area contributed by atoms with Gasteiger partial charge in [0.15, 0.2) is 0 Å². The number of amides is 1. The lowest BCUT2D eigenvalue weighted by Gasteiger charge is -2.37. The Bertz CT molecular complexity index is 487. The van der Waals surface area contributed by atoms with Crippen LogP contribution in [0.2, 0.25) is 0 Å². The monoisotopic (exact) mass is 276 g/mol. The van der Waals surface area contributed by atoms with Crippen LogP contribution in [-0.4, -0.2) is 35.5 Å². The predicted molar refractivity (Wildman–Crippen MR) is 79.7 cm³/mol. The fraction of sp³-hybridized carbons (Fsp3) is 0.562. The average molecular weight is 276 g/mol. The zero-order chi connectivity index (χ0) is 14.7. The minimum Gasteiger partial charge on any atom is -0.508 e. The second-order valence-electron chi connectivity index (χ2n) is 5.71. The standard InChI is InChI=1S/C16H24N2O2/c1-11-13(7-5-9-15(11)19)16(20)18(2)14-8-4-3-6-12(14)10-17/h5,7,9,12,14,19H,3-4,6,8,10,17H2,1-2H3. The summed E-state index contributed by atoms with van der Waals surface area (Å²) in [7, 11) is 1.85. The maximum Gasteiger partial charge on any atom is 0.254 e. The molecular weight excluding hydrogens is 252 g/mol. The number of hydrogen-bond acceptors (Lipinski definition) is 3. The molecule has 0 radical (unpaired) electrons. The largest absolute Gasteiger partial charge is 0.508 e. The van der Waals surface area contributed by atoms with Crippen molar-refractivity contribution in [3.8, 4) is 5.75 Å². The highest BCUT2D eigenvalue weighted by atomic mass is 16.3. The number of phenolic OH excluding ortho intramolecular Hbond substituents is 1. The van der Waals surface area contributed by atoms with Gasteiger partial charge in [0.2, 0.25) is 0 Å². The summed E-state index contributed by atoms with van der Waals surface area (Å²) in [6.45, 7) is 2.40. The van der Waals surface area contributed by atoms with Crippen molar-refractivity contribution < 1.29 is 9.90 Å². The molecule has 1 amide bonds. The van der Waals surface area contributed by atoms with E-state index in [-0.39, 0.29) is 17.7 Å². The molecule has 1 fully saturated rings. The third-order valence-corrected chi connectivity index (χ3v) is 4.53. The zero-order valence-corrected chi connectivity index (χ0v) is 12.3. The minimum atomic E-state index is -0.0243. The lowest BCUT2D eigenvalue weighted by Crippen LogP contribution is -2.46. The molecule has 20 heavy (non-hydrogen) atoms. The van der Waals surface area contributed by atoms with E-state index in [1.54, 1.807) is 25.1 Å². The molecule has 1 aromatic carbocycles. The number of hydrogen-bond donors (Lipinski definition) is 2. The van der Waals surface area contributed by atoms with Crippen molar-refractivity contribution in [3.63, 3.8) is 0 Å². The van der Waals surface area contributed by atoms with Crippen molar-refractivity contribution in [1.29, 1.82) is 0 Å². The van der Waals surface area contributed by atoms with Gasteiger partial charge in [-0.3, -0.25) is 4.79 Å². The van der Waals surface area contributed by atoms with E-state index in [2.05, 4.69) is 0 Å². The van der Waals surface area contributed by atoms with E-state index in [0.29, 0.717) is 23.6 Å². The van der Waals surface area contributed by atoms with Crippen LogP contribution >= 0.6 is 0 Å². The average Bonchev–Trinajstić information content (AvgIpc) is 2.48. The molecule has 1 saturated carbocycles. The van der Waals surface area contributed by atoms with Crippen LogP contribution in [0, 0.1) is 12.8 Å². The Morgan fingerprint density at radius 3 is 2.80 bits per heavy atom. The summed E-state index contributed by atoms with van der Waals surface area (Å²) in [4.78, 5) is 14.5. The van der Waals surface area contributed by atoms with Crippen LogP contribution in [0.4, 0.5) is 0 Å². The van der Waals surface area contributed by atoms with Crippen molar-refractivity contribution in [2.45, 2.75) is 38.6 Å². The topological polar surface area (TPSA) is 66.6 Å². The van der Waals surface area contributed by atoms with Crippen LogP contribution in [0.1, 0.15) is 41.6 Å². The molecule has 110 valence electrons. The quantitative estimate of drug-likeness (QED) is 0.890. The summed E-state index contributed by atoms with van der Waals surface area (Å²) in [5.74, 6) is 0.530. The Labute approximate surface area is 120 Å². The predicted octanol–water partition coefficient (Wildman–Crippen LogP) is 2.29. The van der Waals surface area contributed by atoms with E-state index in [1.807, 2.05) is 11.9 Å². The van der Waals surface area contributed by atoms with Crippen LogP contribution in [0.15, 0.2) is 18.2 Å². The number of benzene rings is 1. The molecular formula is C16H24N2O2. The molecule has 0 bridgehead atoms. The summed E-state index contributed by atoms with van der Waals surface area (Å²) in [5, 5.41) is 9.75. The summed E-state index contributed by atoms with van der Waals surface area (Å²) >= 11 is 0. The Kier molecular flexibility index (Phi) is 4.65. The molecule has 1 aliphatic carbocycles. The second-order valence-corrected chi connectivity index (χ2v) is 5.71. The van der Waals surface area contributed by atoms with Gasteiger partial charge in [-0.2, -0.15) is 0 Å². The zero-order valence-electron chi connectivity index (χ0n) is 12.3. The maximum absolute atomic E-state index is 12.7. The van der Waals surface area contributed by atoms with Crippen LogP contribution < -0.4 is 5.73 Å². The van der Waals surface area contributed by atoms with E-state index in [4.69, 9.17) is 5.73 Å². The normalized spacial score (nSPS) is 22.6. The fourth-order valence-corrected chi connectivity index (χ4v) is 3.17. The summed E-state index contributed by atoms with van der Waals surface area (Å²) in [5.41, 5.74) is 7.07. The summed E-state index contributed by atoms with van der Waals surface area (Å²) in [6, 6.07) is 5.30. The van der Waals surface area contributed by atoms with Gasteiger partial charge in [0.05, 0.1) is 0 Å². The first-order valence-corrected chi connectivity index (χ1v) is 7.32. The lowest BCUT2D eigenvalue weighted by molar-refractivity contribution is 0.0619. The van der Waals surface area contributed by atoms with E-state index < -0.39 is 0 Å². The highest BCUT2D eigenvalue weighted by Gasteiger charge is 2.30. The Morgan fingerprint density at radius 2 is 2.10 bits per heavy atom. The molecule has 0 spiro atoms.